The molecule has 0 bridgehead atoms. The summed E-state index contributed by atoms with van der Waals surface area (Å²) in [7, 11) is 1.94. The van der Waals surface area contributed by atoms with Crippen LogP contribution in [0, 0.1) is 0 Å². The molecule has 1 unspecified atom stereocenters. The lowest BCUT2D eigenvalue weighted by molar-refractivity contribution is 0.0416. The van der Waals surface area contributed by atoms with Crippen LogP contribution < -0.4 is 15.0 Å². The first kappa shape index (κ1) is 14.1. The van der Waals surface area contributed by atoms with Crippen molar-refractivity contribution in [2.45, 2.75) is 26.1 Å². The van der Waals surface area contributed by atoms with Gasteiger partial charge < -0.3 is 19.7 Å². The quantitative estimate of drug-likeness (QED) is 0.869. The average molecular weight is 265 g/mol. The summed E-state index contributed by atoms with van der Waals surface area (Å²) in [6.45, 7) is 7.32. The minimum atomic E-state index is 0.150. The summed E-state index contributed by atoms with van der Waals surface area (Å²) >= 11 is 0. The number of pyridine rings is 1. The van der Waals surface area contributed by atoms with Crippen LogP contribution in [0.1, 0.15) is 13.8 Å². The summed E-state index contributed by atoms with van der Waals surface area (Å²) in [5.41, 5.74) is 0. The Labute approximate surface area is 114 Å². The van der Waals surface area contributed by atoms with Crippen LogP contribution in [0.3, 0.4) is 0 Å². The molecule has 0 amide bonds. The Morgan fingerprint density at radius 3 is 3.16 bits per heavy atom. The van der Waals surface area contributed by atoms with E-state index in [-0.39, 0.29) is 12.2 Å². The highest BCUT2D eigenvalue weighted by atomic mass is 16.5. The van der Waals surface area contributed by atoms with Crippen LogP contribution in [0.15, 0.2) is 18.3 Å². The predicted molar refractivity (Wildman–Crippen MR) is 75.9 cm³/mol. The number of nitrogens with one attached hydrogen (secondary N) is 1. The van der Waals surface area contributed by atoms with E-state index in [4.69, 9.17) is 9.47 Å². The lowest BCUT2D eigenvalue weighted by Crippen LogP contribution is -2.46. The third-order valence-electron chi connectivity index (χ3n) is 2.98. The Morgan fingerprint density at radius 1 is 1.58 bits per heavy atom. The van der Waals surface area contributed by atoms with Gasteiger partial charge in [0.1, 0.15) is 0 Å². The number of likely N-dealkylation sites (N-methyl/N-ethyl adjacent to an activating group) is 1. The van der Waals surface area contributed by atoms with Gasteiger partial charge in [-0.05, 0) is 33.0 Å². The monoisotopic (exact) mass is 265 g/mol. The van der Waals surface area contributed by atoms with Gasteiger partial charge >= 0.3 is 0 Å². The molecule has 0 radical (unpaired) electrons. The largest absolute Gasteiger partial charge is 0.487 e. The molecular weight excluding hydrogens is 242 g/mol. The number of hydrogen-bond donors (Lipinski definition) is 1. The van der Waals surface area contributed by atoms with E-state index < -0.39 is 0 Å². The average Bonchev–Trinajstić information content (AvgIpc) is 2.39. The molecule has 5 nitrogen and oxygen atoms in total. The molecule has 1 atom stereocenters. The Balaban J connectivity index is 2.11. The first-order valence-corrected chi connectivity index (χ1v) is 6.83. The van der Waals surface area contributed by atoms with Crippen LogP contribution in [0.25, 0.3) is 0 Å². The second kappa shape index (κ2) is 6.73. The van der Waals surface area contributed by atoms with Gasteiger partial charge in [0, 0.05) is 25.8 Å². The molecule has 0 saturated carbocycles. The van der Waals surface area contributed by atoms with Crippen molar-refractivity contribution in [3.8, 4) is 5.75 Å². The van der Waals surface area contributed by atoms with Crippen molar-refractivity contribution >= 4 is 5.82 Å². The van der Waals surface area contributed by atoms with Crippen molar-refractivity contribution < 1.29 is 9.47 Å². The third kappa shape index (κ3) is 3.81. The second-order valence-corrected chi connectivity index (χ2v) is 4.99. The van der Waals surface area contributed by atoms with Crippen LogP contribution in [0.2, 0.25) is 0 Å². The fraction of sp³-hybridized carbons (Fsp3) is 0.643. The maximum absolute atomic E-state index is 5.83. The summed E-state index contributed by atoms with van der Waals surface area (Å²) in [4.78, 5) is 6.71. The molecule has 0 aromatic carbocycles. The Morgan fingerprint density at radius 2 is 2.42 bits per heavy atom. The van der Waals surface area contributed by atoms with Gasteiger partial charge in [0.15, 0.2) is 11.6 Å². The molecule has 2 heterocycles. The van der Waals surface area contributed by atoms with Crippen LogP contribution in [-0.2, 0) is 4.74 Å². The van der Waals surface area contributed by atoms with Crippen LogP contribution >= 0.6 is 0 Å². The Hall–Kier alpha value is -1.33. The van der Waals surface area contributed by atoms with Gasteiger partial charge in [0.25, 0.3) is 0 Å². The number of hydrogen-bond acceptors (Lipinski definition) is 5. The highest BCUT2D eigenvalue weighted by Gasteiger charge is 2.23. The van der Waals surface area contributed by atoms with Gasteiger partial charge in [-0.1, -0.05) is 0 Å². The molecule has 1 aromatic rings. The fourth-order valence-corrected chi connectivity index (χ4v) is 2.23. The third-order valence-corrected chi connectivity index (χ3v) is 2.98. The number of ether oxygens (including phenoxy) is 2. The number of anilines is 1. The first-order valence-electron chi connectivity index (χ1n) is 6.83. The molecule has 1 aliphatic heterocycles. The van der Waals surface area contributed by atoms with E-state index in [2.05, 4.69) is 15.2 Å². The van der Waals surface area contributed by atoms with Crippen LogP contribution in [0.4, 0.5) is 5.82 Å². The van der Waals surface area contributed by atoms with Gasteiger partial charge in [0.05, 0.1) is 18.8 Å². The van der Waals surface area contributed by atoms with E-state index in [0.29, 0.717) is 0 Å². The molecule has 2 rings (SSSR count). The van der Waals surface area contributed by atoms with E-state index in [1.807, 2.05) is 39.2 Å². The molecule has 1 N–H and O–H groups in total. The second-order valence-electron chi connectivity index (χ2n) is 4.99. The molecule has 19 heavy (non-hydrogen) atoms. The number of nitrogens with zero attached hydrogens (tertiary/aromatic N) is 2. The van der Waals surface area contributed by atoms with Gasteiger partial charge in [-0.15, -0.1) is 0 Å². The molecule has 5 heteroatoms. The van der Waals surface area contributed by atoms with E-state index in [1.54, 1.807) is 0 Å². The first-order chi connectivity index (χ1) is 9.20. The molecular formula is C14H23N3O2. The van der Waals surface area contributed by atoms with Crippen molar-refractivity contribution in [1.82, 2.24) is 10.3 Å². The number of morpholine rings is 1. The summed E-state index contributed by atoms with van der Waals surface area (Å²) in [5.74, 6) is 1.77. The summed E-state index contributed by atoms with van der Waals surface area (Å²) in [5, 5.41) is 3.15. The maximum atomic E-state index is 5.83. The minimum Gasteiger partial charge on any atom is -0.487 e. The molecule has 0 aliphatic carbocycles. The Kier molecular flexibility index (Phi) is 4.99. The Bertz CT molecular complexity index is 396. The summed E-state index contributed by atoms with van der Waals surface area (Å²) < 4.78 is 11.6. The lowest BCUT2D eigenvalue weighted by atomic mass is 10.2. The SMILES string of the molecule is CNCC1CN(c2ncccc2OC(C)C)CCO1. The summed E-state index contributed by atoms with van der Waals surface area (Å²) in [6.07, 6.45) is 2.16. The van der Waals surface area contributed by atoms with Crippen molar-refractivity contribution in [2.24, 2.45) is 0 Å². The topological polar surface area (TPSA) is 46.6 Å². The van der Waals surface area contributed by atoms with Crippen molar-refractivity contribution in [1.29, 1.82) is 0 Å². The normalized spacial score (nSPS) is 19.8. The standard InChI is InChI=1S/C14H23N3O2/c1-11(2)19-13-5-4-6-16-14(13)17-7-8-18-12(10-17)9-15-3/h4-6,11-12,15H,7-10H2,1-3H3. The zero-order valence-corrected chi connectivity index (χ0v) is 11.9. The molecule has 1 fully saturated rings. The van der Waals surface area contributed by atoms with Gasteiger partial charge in [-0.2, -0.15) is 0 Å². The number of aromatic nitrogens is 1. The van der Waals surface area contributed by atoms with Crippen molar-refractivity contribution in [3.05, 3.63) is 18.3 Å². The van der Waals surface area contributed by atoms with E-state index in [9.17, 15) is 0 Å². The van der Waals surface area contributed by atoms with Gasteiger partial charge in [0.2, 0.25) is 0 Å². The van der Waals surface area contributed by atoms with Crippen LogP contribution in [0.5, 0.6) is 5.75 Å². The van der Waals surface area contributed by atoms with E-state index in [1.165, 1.54) is 0 Å². The molecule has 1 aliphatic rings. The maximum Gasteiger partial charge on any atom is 0.171 e. The predicted octanol–water partition coefficient (Wildman–Crippen LogP) is 1.29. The highest BCUT2D eigenvalue weighted by Crippen LogP contribution is 2.27. The lowest BCUT2D eigenvalue weighted by Gasteiger charge is -2.34. The number of rotatable bonds is 5. The van der Waals surface area contributed by atoms with E-state index in [0.717, 1.165) is 37.8 Å². The zero-order chi connectivity index (χ0) is 13.7. The smallest absolute Gasteiger partial charge is 0.171 e. The van der Waals surface area contributed by atoms with E-state index >= 15 is 0 Å². The van der Waals surface area contributed by atoms with Crippen LogP contribution in [-0.4, -0.2) is 50.5 Å². The molecule has 1 saturated heterocycles. The van der Waals surface area contributed by atoms with Crippen molar-refractivity contribution in [2.75, 3.05) is 38.2 Å². The highest BCUT2D eigenvalue weighted by molar-refractivity contribution is 5.52. The summed E-state index contributed by atoms with van der Waals surface area (Å²) in [6, 6.07) is 3.89. The molecule has 0 spiro atoms. The molecule has 106 valence electrons. The zero-order valence-electron chi connectivity index (χ0n) is 11.9. The van der Waals surface area contributed by atoms with Crippen molar-refractivity contribution in [3.63, 3.8) is 0 Å². The minimum absolute atomic E-state index is 0.150. The molecule has 1 aromatic heterocycles. The van der Waals surface area contributed by atoms with Gasteiger partial charge in [-0.3, -0.25) is 0 Å². The van der Waals surface area contributed by atoms with Gasteiger partial charge in [-0.25, -0.2) is 4.98 Å². The fourth-order valence-electron chi connectivity index (χ4n) is 2.23.